The van der Waals surface area contributed by atoms with Crippen LogP contribution in [-0.4, -0.2) is 50.2 Å². The second kappa shape index (κ2) is 8.83. The van der Waals surface area contributed by atoms with Crippen LogP contribution in [0.25, 0.3) is 16.7 Å². The van der Waals surface area contributed by atoms with E-state index in [1.165, 1.54) is 32.1 Å². The van der Waals surface area contributed by atoms with Crippen molar-refractivity contribution in [3.63, 3.8) is 0 Å². The van der Waals surface area contributed by atoms with Crippen LogP contribution in [0.1, 0.15) is 43.8 Å². The summed E-state index contributed by atoms with van der Waals surface area (Å²) in [5.74, 6) is 1.92. The van der Waals surface area contributed by atoms with Crippen LogP contribution in [0.15, 0.2) is 46.3 Å². The minimum atomic E-state index is -0.188. The Morgan fingerprint density at radius 3 is 2.75 bits per heavy atom. The van der Waals surface area contributed by atoms with E-state index in [0.29, 0.717) is 41.8 Å². The van der Waals surface area contributed by atoms with Gasteiger partial charge in [-0.15, -0.1) is 0 Å². The minimum absolute atomic E-state index is 0.0617. The molecule has 164 valence electrons. The van der Waals surface area contributed by atoms with Gasteiger partial charge < -0.3 is 9.88 Å². The average molecular weight is 431 g/mol. The first-order valence-electron chi connectivity index (χ1n) is 11.2. The van der Waals surface area contributed by atoms with Crippen molar-refractivity contribution in [2.24, 2.45) is 10.9 Å². The number of hydrogen-bond acceptors (Lipinski definition) is 5. The number of likely N-dealkylation sites (tertiary alicyclic amines) is 1. The van der Waals surface area contributed by atoms with Crippen molar-refractivity contribution >= 4 is 17.0 Å². The molecule has 3 aromatic rings. The molecule has 1 aliphatic heterocycles. The second-order valence-corrected chi connectivity index (χ2v) is 8.59. The lowest BCUT2D eigenvalue weighted by atomic mass is 9.89. The van der Waals surface area contributed by atoms with E-state index in [0.717, 1.165) is 12.2 Å². The summed E-state index contributed by atoms with van der Waals surface area (Å²) in [6.07, 6.45) is 9.85. The van der Waals surface area contributed by atoms with E-state index in [9.17, 15) is 4.79 Å². The lowest BCUT2D eigenvalue weighted by Crippen LogP contribution is -2.53. The van der Waals surface area contributed by atoms with Gasteiger partial charge in [0.1, 0.15) is 11.2 Å². The summed E-state index contributed by atoms with van der Waals surface area (Å²) in [4.78, 5) is 27.0. The third kappa shape index (κ3) is 3.96. The van der Waals surface area contributed by atoms with Crippen LogP contribution in [0.2, 0.25) is 0 Å². The number of aliphatic imine (C=N–C) groups is 1. The quantitative estimate of drug-likeness (QED) is 0.284. The molecular weight excluding hydrogens is 404 g/mol. The molecule has 0 unspecified atom stereocenters. The van der Waals surface area contributed by atoms with Gasteiger partial charge >= 0.3 is 0 Å². The summed E-state index contributed by atoms with van der Waals surface area (Å²) < 4.78 is 1.69. The molecule has 0 bridgehead atoms. The first-order chi connectivity index (χ1) is 15.7. The van der Waals surface area contributed by atoms with E-state index in [2.05, 4.69) is 15.4 Å². The number of nitrogens with zero attached hydrogens (tertiary/aromatic N) is 6. The zero-order chi connectivity index (χ0) is 21.9. The number of para-hydroxylation sites is 1. The Bertz CT molecular complexity index is 1210. The van der Waals surface area contributed by atoms with Gasteiger partial charge in [0.2, 0.25) is 5.96 Å². The van der Waals surface area contributed by atoms with Gasteiger partial charge in [0.15, 0.2) is 11.8 Å². The number of nitrogens with one attached hydrogen (secondary N) is 2. The van der Waals surface area contributed by atoms with Gasteiger partial charge in [-0.25, -0.2) is 9.67 Å². The second-order valence-electron chi connectivity index (χ2n) is 8.59. The molecule has 9 nitrogen and oxygen atoms in total. The summed E-state index contributed by atoms with van der Waals surface area (Å²) in [5.41, 5.74) is 1.22. The largest absolute Gasteiger partial charge is 0.341 e. The zero-order valence-corrected chi connectivity index (χ0v) is 17.9. The van der Waals surface area contributed by atoms with Gasteiger partial charge in [-0.05, 0) is 30.9 Å². The Morgan fingerprint density at radius 2 is 2.00 bits per heavy atom. The highest BCUT2D eigenvalue weighted by Crippen LogP contribution is 2.27. The average Bonchev–Trinajstić information content (AvgIpc) is 3.22. The van der Waals surface area contributed by atoms with Crippen molar-refractivity contribution in [3.05, 3.63) is 52.7 Å². The third-order valence-electron chi connectivity index (χ3n) is 6.42. The van der Waals surface area contributed by atoms with Crippen molar-refractivity contribution in [1.82, 2.24) is 30.0 Å². The Labute approximate surface area is 185 Å². The van der Waals surface area contributed by atoms with Crippen molar-refractivity contribution < 1.29 is 0 Å². The third-order valence-corrected chi connectivity index (χ3v) is 6.42. The molecule has 1 saturated carbocycles. The fraction of sp³-hybridized carbons (Fsp3) is 0.435. The first-order valence-corrected chi connectivity index (χ1v) is 11.2. The maximum Gasteiger partial charge on any atom is 0.262 e. The van der Waals surface area contributed by atoms with Gasteiger partial charge in [0.25, 0.3) is 5.56 Å². The lowest BCUT2D eigenvalue weighted by Gasteiger charge is -2.40. The summed E-state index contributed by atoms with van der Waals surface area (Å²) in [7, 11) is 0. The fourth-order valence-electron chi connectivity index (χ4n) is 4.57. The van der Waals surface area contributed by atoms with E-state index in [-0.39, 0.29) is 11.5 Å². The molecule has 3 heterocycles. The fourth-order valence-corrected chi connectivity index (χ4v) is 4.57. The molecule has 32 heavy (non-hydrogen) atoms. The molecule has 1 aromatic carbocycles. The summed E-state index contributed by atoms with van der Waals surface area (Å²) in [6.45, 7) is 2.04. The van der Waals surface area contributed by atoms with Crippen LogP contribution in [-0.2, 0) is 0 Å². The highest BCUT2D eigenvalue weighted by atomic mass is 16.1. The Balaban J connectivity index is 1.33. The van der Waals surface area contributed by atoms with Crippen molar-refractivity contribution in [2.45, 2.75) is 38.0 Å². The summed E-state index contributed by atoms with van der Waals surface area (Å²) >= 11 is 0. The van der Waals surface area contributed by atoms with Gasteiger partial charge in [-0.2, -0.15) is 10.4 Å². The topological polar surface area (TPSA) is 115 Å². The highest BCUT2D eigenvalue weighted by Gasteiger charge is 2.33. The maximum atomic E-state index is 12.6. The van der Waals surface area contributed by atoms with E-state index in [1.54, 1.807) is 10.9 Å². The number of aromatic nitrogens is 4. The number of aromatic amines is 1. The number of guanidine groups is 1. The monoisotopic (exact) mass is 430 g/mol. The first kappa shape index (κ1) is 20.2. The van der Waals surface area contributed by atoms with E-state index in [4.69, 9.17) is 15.2 Å². The molecule has 2 aliphatic rings. The normalized spacial score (nSPS) is 17.8. The Hall–Kier alpha value is -3.67. The summed E-state index contributed by atoms with van der Waals surface area (Å²) in [5, 5.41) is 16.7. The highest BCUT2D eigenvalue weighted by molar-refractivity contribution is 5.82. The predicted molar refractivity (Wildman–Crippen MR) is 121 cm³/mol. The van der Waals surface area contributed by atoms with Crippen LogP contribution in [0.4, 0.5) is 0 Å². The molecule has 1 saturated heterocycles. The van der Waals surface area contributed by atoms with Gasteiger partial charge in [-0.1, -0.05) is 37.5 Å². The van der Waals surface area contributed by atoms with Gasteiger partial charge in [0, 0.05) is 19.6 Å². The number of rotatable bonds is 4. The molecule has 1 aliphatic carbocycles. The molecule has 5 rings (SSSR count). The van der Waals surface area contributed by atoms with Crippen molar-refractivity contribution in [3.8, 4) is 11.9 Å². The number of fused-ring (bicyclic) bond motifs is 1. The zero-order valence-electron chi connectivity index (χ0n) is 17.9. The van der Waals surface area contributed by atoms with E-state index >= 15 is 0 Å². The Morgan fingerprint density at radius 1 is 1.22 bits per heavy atom. The molecular formula is C23H26N8O. The molecule has 2 aromatic heterocycles. The standard InChI is InChI=1S/C23H26N8O/c24-15-26-23(25-11-16-7-3-1-4-8-16)30-13-17(14-30)20-28-21-19(22(32)29-20)12-27-31(21)18-9-5-2-6-10-18/h2,5-6,9-10,12,16-17H,1,3-4,7-8,11,13-14H2,(H,25,26)(H,28,29,32). The van der Waals surface area contributed by atoms with E-state index < -0.39 is 0 Å². The van der Waals surface area contributed by atoms with E-state index in [1.807, 2.05) is 41.4 Å². The smallest absolute Gasteiger partial charge is 0.262 e. The molecule has 0 atom stereocenters. The molecule has 0 spiro atoms. The minimum Gasteiger partial charge on any atom is -0.341 e. The van der Waals surface area contributed by atoms with Crippen molar-refractivity contribution in [1.29, 1.82) is 5.26 Å². The predicted octanol–water partition coefficient (Wildman–Crippen LogP) is 2.51. The van der Waals surface area contributed by atoms with Crippen LogP contribution < -0.4 is 10.9 Å². The molecule has 0 amide bonds. The number of nitriles is 1. The van der Waals surface area contributed by atoms with Crippen LogP contribution in [0, 0.1) is 17.4 Å². The number of H-pyrrole nitrogens is 1. The lowest BCUT2D eigenvalue weighted by molar-refractivity contribution is 0.237. The molecule has 2 fully saturated rings. The summed E-state index contributed by atoms with van der Waals surface area (Å²) in [6, 6.07) is 9.66. The van der Waals surface area contributed by atoms with Crippen LogP contribution in [0.5, 0.6) is 0 Å². The van der Waals surface area contributed by atoms with Crippen LogP contribution in [0.3, 0.4) is 0 Å². The van der Waals surface area contributed by atoms with Crippen LogP contribution >= 0.6 is 0 Å². The number of hydrogen-bond donors (Lipinski definition) is 2. The number of benzene rings is 1. The maximum absolute atomic E-state index is 12.6. The van der Waals surface area contributed by atoms with Gasteiger partial charge in [0.05, 0.1) is 17.8 Å². The molecule has 2 N–H and O–H groups in total. The Kier molecular flexibility index (Phi) is 5.58. The van der Waals surface area contributed by atoms with Gasteiger partial charge in [-0.3, -0.25) is 15.1 Å². The SMILES string of the molecule is N#CNC(=NCC1CCCCC1)N1CC(c2nc3c(cnn3-c3ccccc3)c(=O)[nH]2)C1. The molecule has 9 heteroatoms. The molecule has 0 radical (unpaired) electrons. The van der Waals surface area contributed by atoms with Crippen molar-refractivity contribution in [2.75, 3.05) is 19.6 Å².